The number of amides is 1. The summed E-state index contributed by atoms with van der Waals surface area (Å²) in [5.74, 6) is -0.142. The second kappa shape index (κ2) is 6.50. The Morgan fingerprint density at radius 1 is 1.35 bits per heavy atom. The number of fused-ring (bicyclic) bond motifs is 1. The number of nitrogens with zero attached hydrogens (tertiary/aromatic N) is 2. The van der Waals surface area contributed by atoms with Crippen molar-refractivity contribution in [1.29, 1.82) is 0 Å². The summed E-state index contributed by atoms with van der Waals surface area (Å²) in [6.07, 6.45) is 2.60. The molecule has 4 rings (SSSR count). The van der Waals surface area contributed by atoms with Gasteiger partial charge in [-0.25, -0.2) is 4.98 Å². The van der Waals surface area contributed by atoms with E-state index in [0.29, 0.717) is 19.3 Å². The van der Waals surface area contributed by atoms with Crippen molar-refractivity contribution in [1.82, 2.24) is 15.3 Å². The third-order valence-electron chi connectivity index (χ3n) is 4.91. The summed E-state index contributed by atoms with van der Waals surface area (Å²) in [6, 6.07) is 7.35. The molecule has 1 fully saturated rings. The standard InChI is InChI=1S/C18H19ClN4O3/c19-17-20-8-12(16(25)21-9-18(26)5-6-18)15(23-17)22-14-11-4-2-1-3-10(11)7-13(14)24/h1-4,8,13-14,24,26H,5-7,9H2,(H,21,25)(H,20,22,23)/t13-,14+/m1/s1. The van der Waals surface area contributed by atoms with Crippen LogP contribution in [0.1, 0.15) is 40.4 Å². The van der Waals surface area contributed by atoms with Gasteiger partial charge in [0.15, 0.2) is 0 Å². The van der Waals surface area contributed by atoms with Crippen LogP contribution in [-0.4, -0.2) is 44.3 Å². The lowest BCUT2D eigenvalue weighted by Crippen LogP contribution is -2.34. The largest absolute Gasteiger partial charge is 0.390 e. The first kappa shape index (κ1) is 17.2. The lowest BCUT2D eigenvalue weighted by Gasteiger charge is -2.20. The van der Waals surface area contributed by atoms with E-state index in [4.69, 9.17) is 11.6 Å². The maximum Gasteiger partial charge on any atom is 0.256 e. The number of benzene rings is 1. The van der Waals surface area contributed by atoms with Crippen LogP contribution in [0, 0.1) is 0 Å². The zero-order valence-electron chi connectivity index (χ0n) is 13.9. The normalized spacial score (nSPS) is 22.6. The molecule has 0 spiro atoms. The number of anilines is 1. The average Bonchev–Trinajstić information content (AvgIpc) is 3.28. The van der Waals surface area contributed by atoms with Crippen molar-refractivity contribution in [2.24, 2.45) is 0 Å². The van der Waals surface area contributed by atoms with Crippen molar-refractivity contribution in [3.63, 3.8) is 0 Å². The van der Waals surface area contributed by atoms with E-state index < -0.39 is 23.7 Å². The molecule has 26 heavy (non-hydrogen) atoms. The molecule has 1 aromatic carbocycles. The van der Waals surface area contributed by atoms with E-state index >= 15 is 0 Å². The highest BCUT2D eigenvalue weighted by Crippen LogP contribution is 2.35. The molecule has 136 valence electrons. The van der Waals surface area contributed by atoms with Gasteiger partial charge in [-0.3, -0.25) is 4.79 Å². The van der Waals surface area contributed by atoms with Crippen LogP contribution in [0.15, 0.2) is 30.5 Å². The number of carbonyl (C=O) groups excluding carboxylic acids is 1. The van der Waals surface area contributed by atoms with Gasteiger partial charge >= 0.3 is 0 Å². The Labute approximate surface area is 155 Å². The monoisotopic (exact) mass is 374 g/mol. The third kappa shape index (κ3) is 3.38. The maximum atomic E-state index is 12.5. The molecule has 0 radical (unpaired) electrons. The number of halogens is 1. The Morgan fingerprint density at radius 2 is 2.12 bits per heavy atom. The van der Waals surface area contributed by atoms with E-state index in [1.165, 1.54) is 6.20 Å². The van der Waals surface area contributed by atoms with E-state index in [2.05, 4.69) is 20.6 Å². The lowest BCUT2D eigenvalue weighted by atomic mass is 10.1. The summed E-state index contributed by atoms with van der Waals surface area (Å²) < 4.78 is 0. The highest BCUT2D eigenvalue weighted by Gasteiger charge is 2.40. The van der Waals surface area contributed by atoms with Crippen LogP contribution in [-0.2, 0) is 6.42 Å². The highest BCUT2D eigenvalue weighted by molar-refractivity contribution is 6.28. The van der Waals surface area contributed by atoms with Gasteiger partial charge in [-0.2, -0.15) is 4.98 Å². The number of hydrogen-bond acceptors (Lipinski definition) is 6. The topological polar surface area (TPSA) is 107 Å². The summed E-state index contributed by atoms with van der Waals surface area (Å²) in [7, 11) is 0. The molecule has 4 N–H and O–H groups in total. The fourth-order valence-corrected chi connectivity index (χ4v) is 3.33. The van der Waals surface area contributed by atoms with Gasteiger partial charge in [0.1, 0.15) is 11.4 Å². The lowest BCUT2D eigenvalue weighted by molar-refractivity contribution is 0.0896. The van der Waals surface area contributed by atoms with E-state index in [1.807, 2.05) is 24.3 Å². The minimum atomic E-state index is -0.795. The van der Waals surface area contributed by atoms with Crippen LogP contribution in [0.3, 0.4) is 0 Å². The minimum Gasteiger partial charge on any atom is -0.390 e. The Morgan fingerprint density at radius 3 is 2.88 bits per heavy atom. The van der Waals surface area contributed by atoms with Gasteiger partial charge in [-0.1, -0.05) is 24.3 Å². The van der Waals surface area contributed by atoms with Crippen molar-refractivity contribution in [3.05, 3.63) is 52.4 Å². The zero-order valence-corrected chi connectivity index (χ0v) is 14.7. The first-order chi connectivity index (χ1) is 12.5. The van der Waals surface area contributed by atoms with Crippen LogP contribution in [0.4, 0.5) is 5.82 Å². The van der Waals surface area contributed by atoms with Crippen molar-refractivity contribution >= 4 is 23.3 Å². The molecule has 1 amide bonds. The average molecular weight is 375 g/mol. The Kier molecular flexibility index (Phi) is 4.30. The fraction of sp³-hybridized carbons (Fsp3) is 0.389. The van der Waals surface area contributed by atoms with Gasteiger partial charge in [0.25, 0.3) is 5.91 Å². The van der Waals surface area contributed by atoms with Crippen LogP contribution in [0.2, 0.25) is 5.28 Å². The van der Waals surface area contributed by atoms with Crippen molar-refractivity contribution in [2.75, 3.05) is 11.9 Å². The first-order valence-electron chi connectivity index (χ1n) is 8.51. The molecule has 7 nitrogen and oxygen atoms in total. The first-order valence-corrected chi connectivity index (χ1v) is 8.88. The Balaban J connectivity index is 1.58. The molecule has 2 aliphatic carbocycles. The quantitative estimate of drug-likeness (QED) is 0.590. The Hall–Kier alpha value is -2.22. The number of nitrogens with one attached hydrogen (secondary N) is 2. The predicted octanol–water partition coefficient (Wildman–Crippen LogP) is 1.45. The molecular weight excluding hydrogens is 356 g/mol. The molecule has 2 aliphatic rings. The molecule has 8 heteroatoms. The summed E-state index contributed by atoms with van der Waals surface area (Å²) >= 11 is 5.91. The van der Waals surface area contributed by atoms with Gasteiger partial charge in [-0.15, -0.1) is 0 Å². The number of aliphatic hydroxyl groups is 2. The minimum absolute atomic E-state index is 0.00523. The zero-order chi connectivity index (χ0) is 18.3. The van der Waals surface area contributed by atoms with E-state index in [1.54, 1.807) is 0 Å². The summed E-state index contributed by atoms with van der Waals surface area (Å²) in [4.78, 5) is 20.5. The number of aromatic nitrogens is 2. The van der Waals surface area contributed by atoms with Gasteiger partial charge in [0, 0.05) is 19.2 Å². The molecule has 1 aromatic heterocycles. The Bertz CT molecular complexity index is 856. The second-order valence-electron chi connectivity index (χ2n) is 6.90. The maximum absolute atomic E-state index is 12.5. The van der Waals surface area contributed by atoms with Crippen LogP contribution < -0.4 is 10.6 Å². The molecule has 0 unspecified atom stereocenters. The molecule has 1 heterocycles. The highest BCUT2D eigenvalue weighted by atomic mass is 35.5. The molecule has 2 atom stereocenters. The number of aliphatic hydroxyl groups excluding tert-OH is 1. The van der Waals surface area contributed by atoms with Crippen LogP contribution in [0.5, 0.6) is 0 Å². The molecule has 2 aromatic rings. The van der Waals surface area contributed by atoms with Crippen molar-refractivity contribution < 1.29 is 15.0 Å². The van der Waals surface area contributed by atoms with E-state index in [9.17, 15) is 15.0 Å². The van der Waals surface area contributed by atoms with Gasteiger partial charge < -0.3 is 20.8 Å². The smallest absolute Gasteiger partial charge is 0.256 e. The van der Waals surface area contributed by atoms with Crippen molar-refractivity contribution in [2.45, 2.75) is 37.0 Å². The second-order valence-corrected chi connectivity index (χ2v) is 7.24. The van der Waals surface area contributed by atoms with Crippen LogP contribution >= 0.6 is 11.6 Å². The molecule has 1 saturated carbocycles. The summed E-state index contributed by atoms with van der Waals surface area (Å²) in [5.41, 5.74) is 1.44. The summed E-state index contributed by atoms with van der Waals surface area (Å²) in [5, 5.41) is 26.2. The molecular formula is C18H19ClN4O3. The van der Waals surface area contributed by atoms with E-state index in [-0.39, 0.29) is 23.2 Å². The number of carbonyl (C=O) groups is 1. The molecule has 0 saturated heterocycles. The number of rotatable bonds is 5. The van der Waals surface area contributed by atoms with Crippen molar-refractivity contribution in [3.8, 4) is 0 Å². The SMILES string of the molecule is O=C(NCC1(O)CC1)c1cnc(Cl)nc1N[C@H]1c2ccccc2C[C@H]1O. The predicted molar refractivity (Wildman–Crippen MR) is 96.1 cm³/mol. The van der Waals surface area contributed by atoms with Gasteiger partial charge in [0.05, 0.1) is 17.7 Å². The molecule has 0 aliphatic heterocycles. The fourth-order valence-electron chi connectivity index (χ4n) is 3.19. The number of hydrogen-bond donors (Lipinski definition) is 4. The molecule has 0 bridgehead atoms. The van der Waals surface area contributed by atoms with Gasteiger partial charge in [0.2, 0.25) is 5.28 Å². The summed E-state index contributed by atoms with van der Waals surface area (Å²) in [6.45, 7) is 0.183. The van der Waals surface area contributed by atoms with Gasteiger partial charge in [-0.05, 0) is 35.6 Å². The third-order valence-corrected chi connectivity index (χ3v) is 5.09. The van der Waals surface area contributed by atoms with E-state index in [0.717, 1.165) is 11.1 Å². The van der Waals surface area contributed by atoms with Crippen LogP contribution in [0.25, 0.3) is 0 Å².